The molecule has 3 rings (SSSR count). The molecule has 0 aliphatic rings. The predicted molar refractivity (Wildman–Crippen MR) is 101 cm³/mol. The predicted octanol–water partition coefficient (Wildman–Crippen LogP) is 3.59. The minimum atomic E-state index is -1.33. The molecule has 0 saturated heterocycles. The number of rotatable bonds is 6. The first-order valence-corrected chi connectivity index (χ1v) is 9.00. The zero-order valence-electron chi connectivity index (χ0n) is 14.4. The Bertz CT molecular complexity index is 999. The number of carboxylic acids is 1. The molecule has 3 aromatic rings. The van der Waals surface area contributed by atoms with Crippen LogP contribution >= 0.6 is 23.4 Å². The maximum absolute atomic E-state index is 11.5. The molecule has 0 N–H and O–H groups in total. The summed E-state index contributed by atoms with van der Waals surface area (Å²) in [7, 11) is 1.57. The van der Waals surface area contributed by atoms with Crippen LogP contribution in [0.15, 0.2) is 57.0 Å². The largest absolute Gasteiger partial charge is 0.544 e. The normalized spacial score (nSPS) is 11.4. The molecule has 8 heteroatoms. The first kappa shape index (κ1) is 19.0. The van der Waals surface area contributed by atoms with E-state index in [-0.39, 0.29) is 16.0 Å². The summed E-state index contributed by atoms with van der Waals surface area (Å²) in [5.41, 5.74) is 2.27. The van der Waals surface area contributed by atoms with E-state index in [0.717, 1.165) is 22.9 Å². The number of thioether (sulfide) groups is 1. The molecular formula is C19H14ClN2O4S-. The van der Waals surface area contributed by atoms with Crippen LogP contribution in [0.5, 0.6) is 5.75 Å². The second kappa shape index (κ2) is 8.28. The highest BCUT2D eigenvalue weighted by molar-refractivity contribution is 8.03. The Hall–Kier alpha value is -2.77. The van der Waals surface area contributed by atoms with Gasteiger partial charge in [-0.2, -0.15) is 0 Å². The van der Waals surface area contributed by atoms with Crippen molar-refractivity contribution >= 4 is 35.4 Å². The van der Waals surface area contributed by atoms with Crippen LogP contribution in [0.1, 0.15) is 11.1 Å². The molecule has 1 aromatic heterocycles. The Morgan fingerprint density at radius 2 is 1.96 bits per heavy atom. The highest BCUT2D eigenvalue weighted by atomic mass is 35.5. The van der Waals surface area contributed by atoms with Gasteiger partial charge in [0, 0.05) is 15.5 Å². The van der Waals surface area contributed by atoms with Gasteiger partial charge in [-0.1, -0.05) is 17.7 Å². The smallest absolute Gasteiger partial charge is 0.281 e. The number of halogens is 1. The van der Waals surface area contributed by atoms with Crippen LogP contribution in [0.25, 0.3) is 17.5 Å². The summed E-state index contributed by atoms with van der Waals surface area (Å²) in [6, 6.07) is 12.2. The summed E-state index contributed by atoms with van der Waals surface area (Å²) >= 11 is 6.69. The first-order chi connectivity index (χ1) is 13.0. The summed E-state index contributed by atoms with van der Waals surface area (Å²) < 4.78 is 10.7. The van der Waals surface area contributed by atoms with E-state index in [4.69, 9.17) is 20.8 Å². The highest BCUT2D eigenvalue weighted by Gasteiger charge is 2.13. The molecule has 138 valence electrons. The SMILES string of the molecule is COc1ccc(/C=C(\Sc2nnc(-c3ccc(Cl)cc3)o2)C(=O)[O-])c(C)c1. The molecule has 0 bridgehead atoms. The van der Waals surface area contributed by atoms with Crippen LogP contribution in [0.4, 0.5) is 0 Å². The lowest BCUT2D eigenvalue weighted by Crippen LogP contribution is -2.23. The first-order valence-electron chi connectivity index (χ1n) is 7.81. The van der Waals surface area contributed by atoms with E-state index in [1.165, 1.54) is 6.08 Å². The van der Waals surface area contributed by atoms with Gasteiger partial charge >= 0.3 is 0 Å². The summed E-state index contributed by atoms with van der Waals surface area (Å²) in [4.78, 5) is 11.5. The monoisotopic (exact) mass is 401 g/mol. The third kappa shape index (κ3) is 4.69. The lowest BCUT2D eigenvalue weighted by Gasteiger charge is -2.08. The number of aliphatic carboxylic acids is 1. The summed E-state index contributed by atoms with van der Waals surface area (Å²) in [6.45, 7) is 1.86. The molecule has 0 amide bonds. The summed E-state index contributed by atoms with van der Waals surface area (Å²) in [6.07, 6.45) is 1.50. The van der Waals surface area contributed by atoms with Crippen LogP contribution < -0.4 is 9.84 Å². The van der Waals surface area contributed by atoms with E-state index < -0.39 is 5.97 Å². The molecule has 0 aliphatic heterocycles. The fraction of sp³-hybridized carbons (Fsp3) is 0.105. The van der Waals surface area contributed by atoms with Crippen molar-refractivity contribution in [1.82, 2.24) is 10.2 Å². The molecule has 0 spiro atoms. The number of aryl methyl sites for hydroxylation is 1. The number of hydrogen-bond acceptors (Lipinski definition) is 7. The van der Waals surface area contributed by atoms with Crippen molar-refractivity contribution in [2.24, 2.45) is 0 Å². The minimum Gasteiger partial charge on any atom is -0.544 e. The number of benzene rings is 2. The maximum atomic E-state index is 11.5. The lowest BCUT2D eigenvalue weighted by atomic mass is 10.1. The average molecular weight is 402 g/mol. The van der Waals surface area contributed by atoms with Crippen molar-refractivity contribution in [3.8, 4) is 17.2 Å². The Morgan fingerprint density at radius 3 is 2.59 bits per heavy atom. The molecule has 0 fully saturated rings. The van der Waals surface area contributed by atoms with Crippen molar-refractivity contribution in [2.45, 2.75) is 12.1 Å². The van der Waals surface area contributed by atoms with Gasteiger partial charge in [-0.25, -0.2) is 0 Å². The number of hydrogen-bond donors (Lipinski definition) is 0. The number of methoxy groups -OCH3 is 1. The molecule has 2 aromatic carbocycles. The van der Waals surface area contributed by atoms with Crippen molar-refractivity contribution in [1.29, 1.82) is 0 Å². The molecule has 0 atom stereocenters. The highest BCUT2D eigenvalue weighted by Crippen LogP contribution is 2.31. The van der Waals surface area contributed by atoms with Gasteiger partial charge in [-0.05, 0) is 72.3 Å². The van der Waals surface area contributed by atoms with Gasteiger partial charge < -0.3 is 19.1 Å². The Balaban J connectivity index is 1.85. The van der Waals surface area contributed by atoms with E-state index in [9.17, 15) is 9.90 Å². The van der Waals surface area contributed by atoms with Crippen LogP contribution in [-0.2, 0) is 4.79 Å². The second-order valence-electron chi connectivity index (χ2n) is 5.50. The number of ether oxygens (including phenoxy) is 1. The van der Waals surface area contributed by atoms with Gasteiger partial charge in [0.05, 0.1) is 13.1 Å². The summed E-state index contributed by atoms with van der Waals surface area (Å²) in [5.74, 6) is -0.370. The van der Waals surface area contributed by atoms with Gasteiger partial charge in [-0.15, -0.1) is 10.2 Å². The van der Waals surface area contributed by atoms with Crippen molar-refractivity contribution in [3.05, 3.63) is 63.5 Å². The van der Waals surface area contributed by atoms with Crippen molar-refractivity contribution < 1.29 is 19.1 Å². The van der Waals surface area contributed by atoms with Crippen LogP contribution in [0.3, 0.4) is 0 Å². The van der Waals surface area contributed by atoms with Crippen LogP contribution in [-0.4, -0.2) is 23.3 Å². The third-order valence-corrected chi connectivity index (χ3v) is 4.76. The topological polar surface area (TPSA) is 88.3 Å². The fourth-order valence-corrected chi connectivity index (χ4v) is 3.05. The Morgan fingerprint density at radius 1 is 1.22 bits per heavy atom. The van der Waals surface area contributed by atoms with E-state index in [2.05, 4.69) is 10.2 Å². The average Bonchev–Trinajstić information content (AvgIpc) is 3.11. The number of carbonyl (C=O) groups is 1. The molecule has 6 nitrogen and oxygen atoms in total. The standard InChI is InChI=1S/C19H15ClN2O4S/c1-11-9-15(25-2)8-5-13(11)10-16(18(23)24)27-19-22-21-17(26-19)12-3-6-14(20)7-4-12/h3-10H,1-2H3,(H,23,24)/p-1/b16-10-. The number of carbonyl (C=O) groups excluding carboxylic acids is 1. The van der Waals surface area contributed by atoms with E-state index in [1.807, 2.05) is 13.0 Å². The van der Waals surface area contributed by atoms with Gasteiger partial charge in [0.1, 0.15) is 5.75 Å². The van der Waals surface area contributed by atoms with Gasteiger partial charge in [0.25, 0.3) is 5.22 Å². The molecule has 0 unspecified atom stereocenters. The third-order valence-electron chi connectivity index (χ3n) is 3.66. The Kier molecular flexibility index (Phi) is 5.83. The number of aromatic nitrogens is 2. The van der Waals surface area contributed by atoms with E-state index in [1.54, 1.807) is 43.5 Å². The van der Waals surface area contributed by atoms with E-state index in [0.29, 0.717) is 16.3 Å². The van der Waals surface area contributed by atoms with Gasteiger partial charge in [0.2, 0.25) is 5.89 Å². The van der Waals surface area contributed by atoms with E-state index >= 15 is 0 Å². The lowest BCUT2D eigenvalue weighted by molar-refractivity contribution is -0.298. The van der Waals surface area contributed by atoms with Crippen molar-refractivity contribution in [3.63, 3.8) is 0 Å². The fourth-order valence-electron chi connectivity index (χ4n) is 2.26. The summed E-state index contributed by atoms with van der Waals surface area (Å²) in [5, 5.41) is 20.0. The zero-order valence-corrected chi connectivity index (χ0v) is 16.0. The molecular weight excluding hydrogens is 388 g/mol. The Labute approximate surface area is 164 Å². The minimum absolute atomic E-state index is 0.0467. The molecule has 0 radical (unpaired) electrons. The van der Waals surface area contributed by atoms with Crippen LogP contribution in [0.2, 0.25) is 5.02 Å². The molecule has 27 heavy (non-hydrogen) atoms. The van der Waals surface area contributed by atoms with Gasteiger partial charge in [0.15, 0.2) is 0 Å². The second-order valence-corrected chi connectivity index (χ2v) is 6.93. The molecule has 1 heterocycles. The quantitative estimate of drug-likeness (QED) is 0.460. The zero-order chi connectivity index (χ0) is 19.4. The molecule has 0 aliphatic carbocycles. The maximum Gasteiger partial charge on any atom is 0.281 e. The number of nitrogens with zero attached hydrogens (tertiary/aromatic N) is 2. The van der Waals surface area contributed by atoms with Crippen LogP contribution in [0, 0.1) is 6.92 Å². The number of carboxylic acid groups (broad SMARTS) is 1. The van der Waals surface area contributed by atoms with Gasteiger partial charge in [-0.3, -0.25) is 0 Å². The van der Waals surface area contributed by atoms with Crippen molar-refractivity contribution in [2.75, 3.05) is 7.11 Å². The molecule has 0 saturated carbocycles.